The van der Waals surface area contributed by atoms with Gasteiger partial charge >= 0.3 is 0 Å². The number of ether oxygens (including phenoxy) is 5. The molecule has 2 heterocycles. The first-order valence-corrected chi connectivity index (χ1v) is 9.08. The Morgan fingerprint density at radius 2 is 2.07 bits per heavy atom. The number of fused-ring (bicyclic) bond motifs is 2. The molecule has 0 spiro atoms. The smallest absolute Gasteiger partial charge is 0.231 e. The Balaban J connectivity index is 1.80. The highest BCUT2D eigenvalue weighted by Gasteiger charge is 2.58. The molecule has 1 aromatic rings. The minimum Gasteiger partial charge on any atom is -0.490 e. The Kier molecular flexibility index (Phi) is 4.38. The standard InChI is InChI=1S/C21H24O6/c1-5-8-21-10-16(23-3)17(22)19(24-4)20(21)27-18(12(21)2)13-6-7-14-15(9-13)26-11-25-14/h5-7,9,12,16,18H,1,8,10-11H2,2-4H3/t12-,16+,18+,21+/m0/s1. The molecule has 6 nitrogen and oxygen atoms in total. The van der Waals surface area contributed by atoms with Crippen LogP contribution in [0, 0.1) is 11.3 Å². The van der Waals surface area contributed by atoms with Crippen molar-refractivity contribution in [1.29, 1.82) is 0 Å². The van der Waals surface area contributed by atoms with Crippen LogP contribution in [-0.2, 0) is 19.0 Å². The summed E-state index contributed by atoms with van der Waals surface area (Å²) < 4.78 is 28.2. The molecule has 0 unspecified atom stereocenters. The molecule has 1 fully saturated rings. The van der Waals surface area contributed by atoms with E-state index in [1.807, 2.05) is 24.3 Å². The molecule has 0 amide bonds. The highest BCUT2D eigenvalue weighted by molar-refractivity contribution is 5.99. The first-order chi connectivity index (χ1) is 13.1. The summed E-state index contributed by atoms with van der Waals surface area (Å²) in [5.74, 6) is 2.22. The van der Waals surface area contributed by atoms with Gasteiger partial charge in [0.1, 0.15) is 18.0 Å². The van der Waals surface area contributed by atoms with Gasteiger partial charge in [0.15, 0.2) is 11.5 Å². The van der Waals surface area contributed by atoms with Crippen molar-refractivity contribution in [2.45, 2.75) is 32.0 Å². The van der Waals surface area contributed by atoms with Crippen molar-refractivity contribution in [1.82, 2.24) is 0 Å². The zero-order valence-electron chi connectivity index (χ0n) is 15.8. The second-order valence-electron chi connectivity index (χ2n) is 7.24. The summed E-state index contributed by atoms with van der Waals surface area (Å²) in [5, 5.41) is 0. The predicted molar refractivity (Wildman–Crippen MR) is 97.3 cm³/mol. The number of hydrogen-bond acceptors (Lipinski definition) is 6. The van der Waals surface area contributed by atoms with Gasteiger partial charge in [-0.05, 0) is 30.5 Å². The maximum atomic E-state index is 12.7. The molecule has 3 aliphatic rings. The fraction of sp³-hybridized carbons (Fsp3) is 0.476. The maximum Gasteiger partial charge on any atom is 0.231 e. The Labute approximate surface area is 158 Å². The molecule has 4 rings (SSSR count). The van der Waals surface area contributed by atoms with Crippen molar-refractivity contribution in [2.24, 2.45) is 11.3 Å². The van der Waals surface area contributed by atoms with Gasteiger partial charge in [0.05, 0.1) is 7.11 Å². The van der Waals surface area contributed by atoms with Crippen LogP contribution < -0.4 is 9.47 Å². The maximum absolute atomic E-state index is 12.7. The number of Topliss-reactive ketones (excluding diaryl/α,β-unsaturated/α-hetero) is 1. The number of benzene rings is 1. The molecule has 27 heavy (non-hydrogen) atoms. The first-order valence-electron chi connectivity index (χ1n) is 9.08. The molecular formula is C21H24O6. The molecule has 4 atom stereocenters. The van der Waals surface area contributed by atoms with Crippen molar-refractivity contribution < 1.29 is 28.5 Å². The van der Waals surface area contributed by atoms with Crippen LogP contribution >= 0.6 is 0 Å². The van der Waals surface area contributed by atoms with E-state index in [0.29, 0.717) is 24.4 Å². The summed E-state index contributed by atoms with van der Waals surface area (Å²) >= 11 is 0. The molecule has 144 valence electrons. The van der Waals surface area contributed by atoms with E-state index in [4.69, 9.17) is 23.7 Å². The minimum atomic E-state index is -0.551. The van der Waals surface area contributed by atoms with Crippen LogP contribution in [0.3, 0.4) is 0 Å². The second-order valence-corrected chi connectivity index (χ2v) is 7.24. The minimum absolute atomic E-state index is 0.0850. The average Bonchev–Trinajstić information content (AvgIpc) is 3.25. The monoisotopic (exact) mass is 372 g/mol. The Hall–Kier alpha value is -2.47. The average molecular weight is 372 g/mol. The zero-order chi connectivity index (χ0) is 19.2. The van der Waals surface area contributed by atoms with Gasteiger partial charge in [0.2, 0.25) is 18.3 Å². The number of carbonyl (C=O) groups excluding carboxylic acids is 1. The lowest BCUT2D eigenvalue weighted by Gasteiger charge is -2.38. The van der Waals surface area contributed by atoms with Gasteiger partial charge in [0.25, 0.3) is 0 Å². The molecule has 2 aliphatic heterocycles. The van der Waals surface area contributed by atoms with E-state index >= 15 is 0 Å². The van der Waals surface area contributed by atoms with Gasteiger partial charge in [0, 0.05) is 18.4 Å². The molecule has 1 aromatic carbocycles. The molecule has 0 radical (unpaired) electrons. The van der Waals surface area contributed by atoms with Crippen LogP contribution in [0.4, 0.5) is 0 Å². The fourth-order valence-electron chi connectivity index (χ4n) is 4.53. The summed E-state index contributed by atoms with van der Waals surface area (Å²) in [5.41, 5.74) is 0.580. The SMILES string of the molecule is C=CC[C@]12C[C@@H](OC)C(=O)C(OC)=C1O[C@@H](c1ccc3c(c1)OCO3)[C@@H]2C. The third-order valence-electron chi connectivity index (χ3n) is 6.02. The molecular weight excluding hydrogens is 348 g/mol. The lowest BCUT2D eigenvalue weighted by atomic mass is 9.65. The van der Waals surface area contributed by atoms with Gasteiger partial charge in [-0.3, -0.25) is 4.79 Å². The van der Waals surface area contributed by atoms with E-state index in [0.717, 1.165) is 11.3 Å². The molecule has 1 saturated heterocycles. The summed E-state index contributed by atoms with van der Waals surface area (Å²) in [6, 6.07) is 5.83. The van der Waals surface area contributed by atoms with Crippen LogP contribution in [0.15, 0.2) is 42.4 Å². The third-order valence-corrected chi connectivity index (χ3v) is 6.02. The number of methoxy groups -OCH3 is 2. The van der Waals surface area contributed by atoms with E-state index in [1.54, 1.807) is 7.11 Å². The van der Waals surface area contributed by atoms with Crippen LogP contribution in [0.25, 0.3) is 0 Å². The Morgan fingerprint density at radius 3 is 2.78 bits per heavy atom. The second kappa shape index (κ2) is 6.60. The van der Waals surface area contributed by atoms with Crippen molar-refractivity contribution in [3.05, 3.63) is 47.9 Å². The molecule has 0 N–H and O–H groups in total. The van der Waals surface area contributed by atoms with Crippen molar-refractivity contribution in [3.63, 3.8) is 0 Å². The van der Waals surface area contributed by atoms with Crippen LogP contribution in [0.2, 0.25) is 0 Å². The number of allylic oxidation sites excluding steroid dienone is 2. The van der Waals surface area contributed by atoms with Gasteiger partial charge in [-0.25, -0.2) is 0 Å². The molecule has 0 bridgehead atoms. The van der Waals surface area contributed by atoms with Gasteiger partial charge in [-0.2, -0.15) is 0 Å². The Bertz CT molecular complexity index is 813. The van der Waals surface area contributed by atoms with Crippen LogP contribution in [0.1, 0.15) is 31.4 Å². The summed E-state index contributed by atoms with van der Waals surface area (Å²) in [6.45, 7) is 6.29. The number of carbonyl (C=O) groups is 1. The van der Waals surface area contributed by atoms with Crippen molar-refractivity contribution >= 4 is 5.78 Å². The van der Waals surface area contributed by atoms with E-state index < -0.39 is 11.5 Å². The summed E-state index contributed by atoms with van der Waals surface area (Å²) in [7, 11) is 3.05. The normalized spacial score (nSPS) is 31.5. The highest BCUT2D eigenvalue weighted by Crippen LogP contribution is 2.60. The van der Waals surface area contributed by atoms with E-state index in [1.165, 1.54) is 7.11 Å². The van der Waals surface area contributed by atoms with E-state index in [2.05, 4.69) is 13.5 Å². The summed E-state index contributed by atoms with van der Waals surface area (Å²) in [4.78, 5) is 12.7. The van der Waals surface area contributed by atoms with E-state index in [-0.39, 0.29) is 30.4 Å². The molecule has 6 heteroatoms. The van der Waals surface area contributed by atoms with Gasteiger partial charge < -0.3 is 23.7 Å². The third kappa shape index (κ3) is 2.54. The number of rotatable bonds is 5. The van der Waals surface area contributed by atoms with Gasteiger partial charge in [-0.15, -0.1) is 6.58 Å². The Morgan fingerprint density at radius 1 is 1.30 bits per heavy atom. The highest BCUT2D eigenvalue weighted by atomic mass is 16.7. The summed E-state index contributed by atoms with van der Waals surface area (Å²) in [6.07, 6.45) is 2.30. The lowest BCUT2D eigenvalue weighted by Crippen LogP contribution is -2.42. The largest absolute Gasteiger partial charge is 0.490 e. The zero-order valence-corrected chi connectivity index (χ0v) is 15.8. The molecule has 1 aliphatic carbocycles. The van der Waals surface area contributed by atoms with Crippen molar-refractivity contribution in [3.8, 4) is 11.5 Å². The lowest BCUT2D eigenvalue weighted by molar-refractivity contribution is -0.132. The molecule has 0 aromatic heterocycles. The predicted octanol–water partition coefficient (Wildman–Crippen LogP) is 3.53. The quantitative estimate of drug-likeness (QED) is 0.737. The first kappa shape index (κ1) is 17.9. The van der Waals surface area contributed by atoms with Crippen molar-refractivity contribution in [2.75, 3.05) is 21.0 Å². The molecule has 0 saturated carbocycles. The van der Waals surface area contributed by atoms with E-state index in [9.17, 15) is 4.79 Å². The number of hydrogen-bond donors (Lipinski definition) is 0. The topological polar surface area (TPSA) is 63.2 Å². The van der Waals surface area contributed by atoms with Crippen LogP contribution in [-0.4, -0.2) is 32.9 Å². The number of ketones is 1. The van der Waals surface area contributed by atoms with Crippen LogP contribution in [0.5, 0.6) is 11.5 Å². The van der Waals surface area contributed by atoms with Gasteiger partial charge in [-0.1, -0.05) is 19.1 Å². The fourth-order valence-corrected chi connectivity index (χ4v) is 4.53.